The summed E-state index contributed by atoms with van der Waals surface area (Å²) in [5, 5.41) is 2.43. The molecule has 0 amide bonds. The van der Waals surface area contributed by atoms with Crippen molar-refractivity contribution in [1.29, 1.82) is 0 Å². The predicted molar refractivity (Wildman–Crippen MR) is 56.5 cm³/mol. The van der Waals surface area contributed by atoms with Crippen LogP contribution in [0.2, 0.25) is 0 Å². The highest BCUT2D eigenvalue weighted by atomic mass is 14.6. The van der Waals surface area contributed by atoms with Crippen LogP contribution in [0.3, 0.4) is 0 Å². The maximum Gasteiger partial charge on any atom is 0.0346 e. The van der Waals surface area contributed by atoms with Crippen molar-refractivity contribution in [3.63, 3.8) is 0 Å². The van der Waals surface area contributed by atoms with E-state index in [1.807, 2.05) is 31.5 Å². The summed E-state index contributed by atoms with van der Waals surface area (Å²) >= 11 is 0. The van der Waals surface area contributed by atoms with E-state index in [0.717, 1.165) is 0 Å². The molecular formula is C12H11N. The number of fused-ring (bicyclic) bond motifs is 1. The Morgan fingerprint density at radius 2 is 2.08 bits per heavy atom. The number of hydrogen-bond donors (Lipinski definition) is 0. The van der Waals surface area contributed by atoms with Gasteiger partial charge in [-0.15, -0.1) is 0 Å². The van der Waals surface area contributed by atoms with E-state index < -0.39 is 0 Å². The summed E-state index contributed by atoms with van der Waals surface area (Å²) in [6.07, 6.45) is 7.85. The molecule has 0 saturated heterocycles. The lowest BCUT2D eigenvalue weighted by molar-refractivity contribution is 1.36. The molecule has 0 saturated carbocycles. The number of hydrogen-bond acceptors (Lipinski definition) is 1. The molecule has 0 spiro atoms. The highest BCUT2D eigenvalue weighted by Crippen LogP contribution is 2.15. The molecule has 1 aromatic carbocycles. The summed E-state index contributed by atoms with van der Waals surface area (Å²) in [7, 11) is 0. The van der Waals surface area contributed by atoms with Crippen LogP contribution < -0.4 is 0 Å². The molecule has 1 heteroatoms. The van der Waals surface area contributed by atoms with Crippen molar-refractivity contribution in [2.75, 3.05) is 0 Å². The van der Waals surface area contributed by atoms with Crippen LogP contribution in [0, 0.1) is 0 Å². The monoisotopic (exact) mass is 169 g/mol. The molecule has 0 radical (unpaired) electrons. The van der Waals surface area contributed by atoms with Crippen LogP contribution in [-0.4, -0.2) is 4.98 Å². The lowest BCUT2D eigenvalue weighted by Gasteiger charge is -1.97. The number of allylic oxidation sites excluding steroid dienone is 1. The van der Waals surface area contributed by atoms with Gasteiger partial charge in [-0.1, -0.05) is 24.3 Å². The molecule has 64 valence electrons. The number of pyridine rings is 1. The van der Waals surface area contributed by atoms with Gasteiger partial charge in [0.05, 0.1) is 0 Å². The Morgan fingerprint density at radius 3 is 2.92 bits per heavy atom. The third-order valence-corrected chi connectivity index (χ3v) is 2.02. The third kappa shape index (κ3) is 1.59. The first kappa shape index (κ1) is 7.99. The molecule has 2 aromatic rings. The van der Waals surface area contributed by atoms with Crippen LogP contribution in [0.5, 0.6) is 0 Å². The van der Waals surface area contributed by atoms with Crippen LogP contribution in [0.15, 0.2) is 42.7 Å². The first-order chi connectivity index (χ1) is 6.40. The van der Waals surface area contributed by atoms with E-state index in [9.17, 15) is 0 Å². The van der Waals surface area contributed by atoms with Gasteiger partial charge >= 0.3 is 0 Å². The lowest BCUT2D eigenvalue weighted by atomic mass is 10.1. The van der Waals surface area contributed by atoms with Crippen molar-refractivity contribution in [2.45, 2.75) is 6.92 Å². The standard InChI is InChI=1S/C12H11N/c1-2-3-10-4-5-12-9-13-7-6-11(12)8-10/h2-9H,1H3/b3-2+. The summed E-state index contributed by atoms with van der Waals surface area (Å²) in [5.41, 5.74) is 1.24. The van der Waals surface area contributed by atoms with E-state index in [-0.39, 0.29) is 0 Å². The van der Waals surface area contributed by atoms with Gasteiger partial charge in [0, 0.05) is 17.8 Å². The topological polar surface area (TPSA) is 12.9 Å². The van der Waals surface area contributed by atoms with E-state index >= 15 is 0 Å². The molecule has 0 atom stereocenters. The molecule has 0 fully saturated rings. The minimum Gasteiger partial charge on any atom is -0.264 e. The van der Waals surface area contributed by atoms with E-state index in [0.29, 0.717) is 0 Å². The first-order valence-corrected chi connectivity index (χ1v) is 4.36. The van der Waals surface area contributed by atoms with Gasteiger partial charge in [-0.3, -0.25) is 4.98 Å². The van der Waals surface area contributed by atoms with Crippen molar-refractivity contribution in [1.82, 2.24) is 4.98 Å². The first-order valence-electron chi connectivity index (χ1n) is 4.36. The fraction of sp³-hybridized carbons (Fsp3) is 0.0833. The maximum atomic E-state index is 4.07. The number of aromatic nitrogens is 1. The molecule has 0 unspecified atom stereocenters. The zero-order valence-corrected chi connectivity index (χ0v) is 7.57. The maximum absolute atomic E-state index is 4.07. The fourth-order valence-corrected chi connectivity index (χ4v) is 1.40. The summed E-state index contributed by atoms with van der Waals surface area (Å²) in [6.45, 7) is 2.02. The van der Waals surface area contributed by atoms with E-state index in [1.54, 1.807) is 0 Å². The third-order valence-electron chi connectivity index (χ3n) is 2.02. The van der Waals surface area contributed by atoms with Gasteiger partial charge < -0.3 is 0 Å². The molecule has 1 heterocycles. The largest absolute Gasteiger partial charge is 0.264 e. The highest BCUT2D eigenvalue weighted by Gasteiger charge is 1.92. The highest BCUT2D eigenvalue weighted by molar-refractivity contribution is 5.83. The Labute approximate surface area is 77.7 Å². The normalized spacial score (nSPS) is 11.2. The average Bonchev–Trinajstić information content (AvgIpc) is 2.18. The van der Waals surface area contributed by atoms with E-state index in [4.69, 9.17) is 0 Å². The summed E-state index contributed by atoms with van der Waals surface area (Å²) in [5.74, 6) is 0. The van der Waals surface area contributed by atoms with Gasteiger partial charge in [-0.05, 0) is 30.0 Å². The van der Waals surface area contributed by atoms with E-state index in [2.05, 4.69) is 29.3 Å². The van der Waals surface area contributed by atoms with Gasteiger partial charge in [0.15, 0.2) is 0 Å². The number of benzene rings is 1. The molecule has 0 bridgehead atoms. The second-order valence-electron chi connectivity index (χ2n) is 2.98. The van der Waals surface area contributed by atoms with E-state index in [1.165, 1.54) is 16.3 Å². The summed E-state index contributed by atoms with van der Waals surface area (Å²) in [6, 6.07) is 8.39. The zero-order valence-electron chi connectivity index (χ0n) is 7.57. The van der Waals surface area contributed by atoms with Gasteiger partial charge in [0.25, 0.3) is 0 Å². The molecule has 0 aliphatic carbocycles. The minimum atomic E-state index is 1.19. The fourth-order valence-electron chi connectivity index (χ4n) is 1.40. The van der Waals surface area contributed by atoms with Crippen molar-refractivity contribution in [2.24, 2.45) is 0 Å². The molecule has 2 rings (SSSR count). The van der Waals surface area contributed by atoms with Crippen molar-refractivity contribution in [3.8, 4) is 0 Å². The van der Waals surface area contributed by atoms with Gasteiger partial charge in [0.2, 0.25) is 0 Å². The van der Waals surface area contributed by atoms with Crippen LogP contribution >= 0.6 is 0 Å². The Balaban J connectivity index is 2.62. The number of nitrogens with zero attached hydrogens (tertiary/aromatic N) is 1. The SMILES string of the molecule is C/C=C/c1ccc2cnccc2c1. The molecule has 1 aromatic heterocycles. The zero-order chi connectivity index (χ0) is 9.10. The van der Waals surface area contributed by atoms with Gasteiger partial charge in [-0.2, -0.15) is 0 Å². The van der Waals surface area contributed by atoms with Gasteiger partial charge in [-0.25, -0.2) is 0 Å². The molecule has 0 aliphatic rings. The average molecular weight is 169 g/mol. The smallest absolute Gasteiger partial charge is 0.0346 e. The molecule has 13 heavy (non-hydrogen) atoms. The molecule has 0 aliphatic heterocycles. The minimum absolute atomic E-state index is 1.19. The van der Waals surface area contributed by atoms with Crippen LogP contribution in [0.1, 0.15) is 12.5 Å². The second kappa shape index (κ2) is 3.40. The quantitative estimate of drug-likeness (QED) is 0.638. The lowest BCUT2D eigenvalue weighted by Crippen LogP contribution is -1.76. The molecule has 1 nitrogen and oxygen atoms in total. The summed E-state index contributed by atoms with van der Waals surface area (Å²) in [4.78, 5) is 4.07. The van der Waals surface area contributed by atoms with Crippen molar-refractivity contribution in [3.05, 3.63) is 48.3 Å². The van der Waals surface area contributed by atoms with Gasteiger partial charge in [0.1, 0.15) is 0 Å². The molecule has 0 N–H and O–H groups in total. The Kier molecular flexibility index (Phi) is 2.09. The summed E-state index contributed by atoms with van der Waals surface area (Å²) < 4.78 is 0. The Hall–Kier alpha value is -1.63. The second-order valence-corrected chi connectivity index (χ2v) is 2.98. The van der Waals surface area contributed by atoms with Crippen LogP contribution in [-0.2, 0) is 0 Å². The number of rotatable bonds is 1. The Bertz CT molecular complexity index is 444. The van der Waals surface area contributed by atoms with Crippen LogP contribution in [0.4, 0.5) is 0 Å². The van der Waals surface area contributed by atoms with Crippen molar-refractivity contribution >= 4 is 16.8 Å². The van der Waals surface area contributed by atoms with Crippen molar-refractivity contribution < 1.29 is 0 Å². The predicted octanol–water partition coefficient (Wildman–Crippen LogP) is 3.27. The molecular weight excluding hydrogens is 158 g/mol. The Morgan fingerprint density at radius 1 is 1.15 bits per heavy atom. The van der Waals surface area contributed by atoms with Crippen LogP contribution in [0.25, 0.3) is 16.8 Å².